The number of anilines is 1. The fraction of sp³-hybridized carbons (Fsp3) is 0.318. The quantitative estimate of drug-likeness (QED) is 0.734. The molecule has 28 heavy (non-hydrogen) atoms. The van der Waals surface area contributed by atoms with Gasteiger partial charge in [0.15, 0.2) is 5.82 Å². The molecule has 2 heterocycles. The van der Waals surface area contributed by atoms with Crippen molar-refractivity contribution in [3.05, 3.63) is 59.9 Å². The third-order valence-electron chi connectivity index (χ3n) is 5.06. The molecule has 0 atom stereocenters. The Morgan fingerprint density at radius 2 is 2.00 bits per heavy atom. The van der Waals surface area contributed by atoms with Crippen molar-refractivity contribution in [2.75, 3.05) is 12.4 Å². The van der Waals surface area contributed by atoms with E-state index in [4.69, 9.17) is 4.74 Å². The average molecular weight is 376 g/mol. The summed E-state index contributed by atoms with van der Waals surface area (Å²) in [7, 11) is 1.61. The van der Waals surface area contributed by atoms with Crippen LogP contribution in [-0.2, 0) is 24.2 Å². The third kappa shape index (κ3) is 3.91. The lowest BCUT2D eigenvalue weighted by Crippen LogP contribution is -2.15. The minimum atomic E-state index is -0.0817. The van der Waals surface area contributed by atoms with E-state index in [1.165, 1.54) is 6.42 Å². The first-order valence-electron chi connectivity index (χ1n) is 9.69. The minimum Gasteiger partial charge on any atom is -0.496 e. The summed E-state index contributed by atoms with van der Waals surface area (Å²) in [6.45, 7) is 0.946. The number of nitrogens with zero attached hydrogens (tertiary/aromatic N) is 3. The molecule has 0 spiro atoms. The molecule has 1 aliphatic heterocycles. The van der Waals surface area contributed by atoms with Gasteiger partial charge in [-0.2, -0.15) is 0 Å². The number of fused-ring (bicyclic) bond motifs is 1. The third-order valence-corrected chi connectivity index (χ3v) is 5.06. The van der Waals surface area contributed by atoms with Crippen LogP contribution in [-0.4, -0.2) is 27.8 Å². The Bertz CT molecular complexity index is 980. The van der Waals surface area contributed by atoms with E-state index in [0.29, 0.717) is 0 Å². The molecular formula is C22H24N4O2. The molecule has 0 saturated heterocycles. The van der Waals surface area contributed by atoms with Crippen LogP contribution in [0.5, 0.6) is 5.75 Å². The number of nitrogens with one attached hydrogen (secondary N) is 1. The molecule has 1 N–H and O–H groups in total. The van der Waals surface area contributed by atoms with Gasteiger partial charge in [0.1, 0.15) is 11.6 Å². The lowest BCUT2D eigenvalue weighted by molar-refractivity contribution is -0.115. The molecule has 0 unspecified atom stereocenters. The van der Waals surface area contributed by atoms with Gasteiger partial charge in [-0.3, -0.25) is 4.79 Å². The van der Waals surface area contributed by atoms with Crippen LogP contribution in [0.4, 0.5) is 5.69 Å². The summed E-state index contributed by atoms with van der Waals surface area (Å²) in [4.78, 5) is 12.5. The standard InChI is InChI=1S/C22H24N4O2/c1-28-19-11-5-4-8-16(19)15-21(27)23-18-10-7-9-17(14-18)22-25-24-20-12-3-2-6-13-26(20)22/h4-5,7-11,14H,2-3,6,12-13,15H2,1H3,(H,23,27). The Morgan fingerprint density at radius 1 is 1.11 bits per heavy atom. The molecule has 144 valence electrons. The highest BCUT2D eigenvalue weighted by atomic mass is 16.5. The number of para-hydroxylation sites is 1. The first kappa shape index (κ1) is 18.2. The van der Waals surface area contributed by atoms with Gasteiger partial charge < -0.3 is 14.6 Å². The lowest BCUT2D eigenvalue weighted by atomic mass is 10.1. The van der Waals surface area contributed by atoms with E-state index in [-0.39, 0.29) is 12.3 Å². The molecular weight excluding hydrogens is 352 g/mol. The van der Waals surface area contributed by atoms with Crippen LogP contribution in [0.25, 0.3) is 11.4 Å². The molecule has 0 bridgehead atoms. The monoisotopic (exact) mass is 376 g/mol. The molecule has 0 saturated carbocycles. The van der Waals surface area contributed by atoms with Crippen LogP contribution in [0.2, 0.25) is 0 Å². The van der Waals surface area contributed by atoms with E-state index in [2.05, 4.69) is 20.1 Å². The van der Waals surface area contributed by atoms with Gasteiger partial charge in [-0.05, 0) is 31.0 Å². The van der Waals surface area contributed by atoms with Gasteiger partial charge in [-0.25, -0.2) is 0 Å². The molecule has 3 aromatic rings. The second-order valence-corrected chi connectivity index (χ2v) is 7.02. The van der Waals surface area contributed by atoms with Crippen LogP contribution in [0.3, 0.4) is 0 Å². The maximum absolute atomic E-state index is 12.5. The highest BCUT2D eigenvalue weighted by Crippen LogP contribution is 2.25. The van der Waals surface area contributed by atoms with Crippen molar-refractivity contribution in [3.8, 4) is 17.1 Å². The number of aryl methyl sites for hydroxylation is 1. The van der Waals surface area contributed by atoms with Crippen LogP contribution >= 0.6 is 0 Å². The number of amides is 1. The van der Waals surface area contributed by atoms with Gasteiger partial charge in [0.05, 0.1) is 13.5 Å². The van der Waals surface area contributed by atoms with Crippen molar-refractivity contribution in [2.24, 2.45) is 0 Å². The van der Waals surface area contributed by atoms with Gasteiger partial charge in [-0.1, -0.05) is 36.8 Å². The molecule has 1 aliphatic rings. The summed E-state index contributed by atoms with van der Waals surface area (Å²) < 4.78 is 7.54. The predicted molar refractivity (Wildman–Crippen MR) is 108 cm³/mol. The van der Waals surface area contributed by atoms with E-state index < -0.39 is 0 Å². The fourth-order valence-corrected chi connectivity index (χ4v) is 3.66. The van der Waals surface area contributed by atoms with Crippen molar-refractivity contribution in [1.82, 2.24) is 14.8 Å². The molecule has 4 rings (SSSR count). The Labute approximate surface area is 164 Å². The van der Waals surface area contributed by atoms with Crippen LogP contribution in [0.1, 0.15) is 30.7 Å². The lowest BCUT2D eigenvalue weighted by Gasteiger charge is -2.11. The molecule has 6 nitrogen and oxygen atoms in total. The smallest absolute Gasteiger partial charge is 0.228 e. The van der Waals surface area contributed by atoms with Gasteiger partial charge in [0.2, 0.25) is 5.91 Å². The first-order chi connectivity index (χ1) is 13.7. The van der Waals surface area contributed by atoms with E-state index in [1.807, 2.05) is 48.5 Å². The molecule has 1 aromatic heterocycles. The Morgan fingerprint density at radius 3 is 2.89 bits per heavy atom. The maximum Gasteiger partial charge on any atom is 0.228 e. The van der Waals surface area contributed by atoms with Crippen molar-refractivity contribution in [2.45, 2.75) is 38.6 Å². The van der Waals surface area contributed by atoms with Crippen LogP contribution in [0.15, 0.2) is 48.5 Å². The summed E-state index contributed by atoms with van der Waals surface area (Å²) in [5.74, 6) is 2.56. The largest absolute Gasteiger partial charge is 0.496 e. The number of hydrogen-bond acceptors (Lipinski definition) is 4. The summed E-state index contributed by atoms with van der Waals surface area (Å²) in [6, 6.07) is 15.4. The van der Waals surface area contributed by atoms with E-state index in [9.17, 15) is 4.79 Å². The van der Waals surface area contributed by atoms with Gasteiger partial charge >= 0.3 is 0 Å². The molecule has 0 fully saturated rings. The molecule has 0 aliphatic carbocycles. The summed E-state index contributed by atoms with van der Waals surface area (Å²) in [5.41, 5.74) is 2.58. The normalized spacial score (nSPS) is 13.5. The van der Waals surface area contributed by atoms with Crippen molar-refractivity contribution in [1.29, 1.82) is 0 Å². The average Bonchev–Trinajstić information content (AvgIpc) is 2.97. The molecule has 1 amide bonds. The maximum atomic E-state index is 12.5. The van der Waals surface area contributed by atoms with Crippen molar-refractivity contribution >= 4 is 11.6 Å². The molecule has 0 radical (unpaired) electrons. The number of ether oxygens (including phenoxy) is 1. The number of benzene rings is 2. The Balaban J connectivity index is 1.52. The second-order valence-electron chi connectivity index (χ2n) is 7.02. The summed E-state index contributed by atoms with van der Waals surface area (Å²) in [6.07, 6.45) is 4.77. The Hall–Kier alpha value is -3.15. The number of carbonyl (C=O) groups excluding carboxylic acids is 1. The zero-order chi connectivity index (χ0) is 19.3. The van der Waals surface area contributed by atoms with E-state index in [1.54, 1.807) is 7.11 Å². The fourth-order valence-electron chi connectivity index (χ4n) is 3.66. The topological polar surface area (TPSA) is 69.0 Å². The highest BCUT2D eigenvalue weighted by molar-refractivity contribution is 5.93. The van der Waals surface area contributed by atoms with E-state index in [0.717, 1.165) is 60.0 Å². The molecule has 6 heteroatoms. The van der Waals surface area contributed by atoms with E-state index >= 15 is 0 Å². The summed E-state index contributed by atoms with van der Waals surface area (Å²) >= 11 is 0. The minimum absolute atomic E-state index is 0.0817. The van der Waals surface area contributed by atoms with Crippen molar-refractivity contribution in [3.63, 3.8) is 0 Å². The van der Waals surface area contributed by atoms with Crippen LogP contribution < -0.4 is 10.1 Å². The number of aromatic nitrogens is 3. The van der Waals surface area contributed by atoms with Gasteiger partial charge in [0, 0.05) is 29.8 Å². The van der Waals surface area contributed by atoms with Crippen molar-refractivity contribution < 1.29 is 9.53 Å². The number of hydrogen-bond donors (Lipinski definition) is 1. The SMILES string of the molecule is COc1ccccc1CC(=O)Nc1cccc(-c2nnc3n2CCCCC3)c1. The zero-order valence-electron chi connectivity index (χ0n) is 16.0. The van der Waals surface area contributed by atoms with Gasteiger partial charge in [-0.15, -0.1) is 10.2 Å². The summed E-state index contributed by atoms with van der Waals surface area (Å²) in [5, 5.41) is 11.8. The number of rotatable bonds is 5. The first-order valence-corrected chi connectivity index (χ1v) is 9.69. The number of methoxy groups -OCH3 is 1. The predicted octanol–water partition coefficient (Wildman–Crippen LogP) is 3.86. The molecule has 2 aromatic carbocycles. The zero-order valence-corrected chi connectivity index (χ0v) is 16.0. The number of carbonyl (C=O) groups is 1. The van der Waals surface area contributed by atoms with Gasteiger partial charge in [0.25, 0.3) is 0 Å². The highest BCUT2D eigenvalue weighted by Gasteiger charge is 2.16. The Kier molecular flexibility index (Phi) is 5.37. The van der Waals surface area contributed by atoms with Crippen LogP contribution in [0, 0.1) is 0 Å². The second kappa shape index (κ2) is 8.25.